The number of likely N-dealkylation sites (tertiary alicyclic amines) is 1. The lowest BCUT2D eigenvalue weighted by Gasteiger charge is -2.54. The Morgan fingerprint density at radius 1 is 1.00 bits per heavy atom. The van der Waals surface area contributed by atoms with E-state index in [1.807, 2.05) is 0 Å². The number of hydrogen-bond acceptors (Lipinski definition) is 2. The van der Waals surface area contributed by atoms with Crippen molar-refractivity contribution < 1.29 is 0 Å². The third-order valence-electron chi connectivity index (χ3n) is 6.95. The van der Waals surface area contributed by atoms with Crippen LogP contribution in [0.1, 0.15) is 51.4 Å². The molecule has 4 aliphatic carbocycles. The van der Waals surface area contributed by atoms with Gasteiger partial charge in [0.1, 0.15) is 0 Å². The monoisotopic (exact) mass is 272 g/mol. The van der Waals surface area contributed by atoms with Gasteiger partial charge in [0, 0.05) is 13.0 Å². The third kappa shape index (κ3) is 2.39. The van der Waals surface area contributed by atoms with E-state index in [-0.39, 0.29) is 0 Å². The largest absolute Gasteiger partial charge is 0.303 e. The van der Waals surface area contributed by atoms with Gasteiger partial charge in [-0.05, 0) is 93.5 Å². The van der Waals surface area contributed by atoms with Crippen LogP contribution in [0, 0.1) is 46.8 Å². The third-order valence-corrected chi connectivity index (χ3v) is 6.95. The molecular weight excluding hydrogens is 244 g/mol. The molecule has 1 unspecified atom stereocenters. The van der Waals surface area contributed by atoms with Crippen LogP contribution in [0.3, 0.4) is 0 Å². The molecular formula is C18H28N2. The lowest BCUT2D eigenvalue weighted by molar-refractivity contribution is -0.0421. The minimum absolute atomic E-state index is 0.665. The molecule has 5 fully saturated rings. The van der Waals surface area contributed by atoms with Crippen molar-refractivity contribution in [2.45, 2.75) is 51.4 Å². The molecule has 2 nitrogen and oxygen atoms in total. The first-order valence-electron chi connectivity index (χ1n) is 8.91. The van der Waals surface area contributed by atoms with Crippen molar-refractivity contribution in [3.63, 3.8) is 0 Å². The van der Waals surface area contributed by atoms with Gasteiger partial charge in [-0.15, -0.1) is 0 Å². The summed E-state index contributed by atoms with van der Waals surface area (Å²) < 4.78 is 0. The van der Waals surface area contributed by atoms with E-state index in [4.69, 9.17) is 5.26 Å². The standard InChI is InChI=1S/C18H28N2/c19-4-1-13-2-5-20(12-13)6-3-18-16-8-14-7-15(10-16)11-17(18)9-14/h13-18H,1-3,5-12H2. The zero-order chi connectivity index (χ0) is 13.5. The molecule has 5 aliphatic rings. The zero-order valence-corrected chi connectivity index (χ0v) is 12.6. The Balaban J connectivity index is 1.29. The van der Waals surface area contributed by atoms with E-state index in [9.17, 15) is 0 Å². The van der Waals surface area contributed by atoms with Gasteiger partial charge in [-0.3, -0.25) is 0 Å². The average Bonchev–Trinajstić information content (AvgIpc) is 2.85. The molecule has 1 heterocycles. The first kappa shape index (κ1) is 13.1. The Morgan fingerprint density at radius 2 is 1.70 bits per heavy atom. The first-order chi connectivity index (χ1) is 9.81. The quantitative estimate of drug-likeness (QED) is 0.780. The number of nitriles is 1. The average molecular weight is 272 g/mol. The van der Waals surface area contributed by atoms with Gasteiger partial charge < -0.3 is 4.90 Å². The maximum Gasteiger partial charge on any atom is 0.0625 e. The molecule has 5 rings (SSSR count). The second kappa shape index (κ2) is 5.34. The van der Waals surface area contributed by atoms with Crippen LogP contribution in [0.15, 0.2) is 0 Å². The van der Waals surface area contributed by atoms with E-state index in [1.165, 1.54) is 32.5 Å². The van der Waals surface area contributed by atoms with E-state index in [1.54, 1.807) is 32.1 Å². The summed E-state index contributed by atoms with van der Waals surface area (Å²) in [6.07, 6.45) is 11.3. The summed E-state index contributed by atoms with van der Waals surface area (Å²) in [4.78, 5) is 2.65. The van der Waals surface area contributed by atoms with Gasteiger partial charge in [0.25, 0.3) is 0 Å². The highest BCUT2D eigenvalue weighted by atomic mass is 15.1. The second-order valence-electron chi connectivity index (χ2n) is 8.20. The van der Waals surface area contributed by atoms with Crippen LogP contribution >= 0.6 is 0 Å². The smallest absolute Gasteiger partial charge is 0.0625 e. The summed E-state index contributed by atoms with van der Waals surface area (Å²) in [5, 5.41) is 8.82. The van der Waals surface area contributed by atoms with Gasteiger partial charge in [-0.2, -0.15) is 5.26 Å². The van der Waals surface area contributed by atoms with Crippen molar-refractivity contribution in [3.05, 3.63) is 0 Å². The fourth-order valence-corrected chi connectivity index (χ4v) is 6.25. The molecule has 4 saturated carbocycles. The number of nitrogens with zero attached hydrogens (tertiary/aromatic N) is 2. The summed E-state index contributed by atoms with van der Waals surface area (Å²) in [5.41, 5.74) is 0. The highest BCUT2D eigenvalue weighted by molar-refractivity contribution is 4.98. The summed E-state index contributed by atoms with van der Waals surface area (Å²) in [5.74, 6) is 6.12. The predicted molar refractivity (Wildman–Crippen MR) is 79.9 cm³/mol. The molecule has 2 heteroatoms. The lowest BCUT2D eigenvalue weighted by Crippen LogP contribution is -2.45. The fourth-order valence-electron chi connectivity index (χ4n) is 6.25. The SMILES string of the molecule is N#CCC1CCN(CCC2C3CC4CC(C3)CC2C4)C1. The van der Waals surface area contributed by atoms with Gasteiger partial charge >= 0.3 is 0 Å². The molecule has 1 saturated heterocycles. The molecule has 0 aromatic rings. The van der Waals surface area contributed by atoms with Crippen molar-refractivity contribution in [1.29, 1.82) is 5.26 Å². The van der Waals surface area contributed by atoms with Gasteiger partial charge in [0.15, 0.2) is 0 Å². The molecule has 20 heavy (non-hydrogen) atoms. The minimum Gasteiger partial charge on any atom is -0.303 e. The van der Waals surface area contributed by atoms with E-state index in [0.29, 0.717) is 5.92 Å². The summed E-state index contributed by atoms with van der Waals surface area (Å²) in [6.45, 7) is 3.76. The molecule has 4 bridgehead atoms. The van der Waals surface area contributed by atoms with Crippen LogP contribution in [-0.2, 0) is 0 Å². The predicted octanol–water partition coefficient (Wildman–Crippen LogP) is 3.68. The van der Waals surface area contributed by atoms with Crippen LogP contribution < -0.4 is 0 Å². The topological polar surface area (TPSA) is 27.0 Å². The van der Waals surface area contributed by atoms with E-state index in [0.717, 1.165) is 36.0 Å². The van der Waals surface area contributed by atoms with E-state index >= 15 is 0 Å². The molecule has 110 valence electrons. The highest BCUT2D eigenvalue weighted by Crippen LogP contribution is 2.57. The zero-order valence-electron chi connectivity index (χ0n) is 12.6. The number of hydrogen-bond donors (Lipinski definition) is 0. The Hall–Kier alpha value is -0.550. The van der Waals surface area contributed by atoms with Gasteiger partial charge in [0.2, 0.25) is 0 Å². The van der Waals surface area contributed by atoms with Crippen LogP contribution in [0.25, 0.3) is 0 Å². The first-order valence-corrected chi connectivity index (χ1v) is 8.91. The normalized spacial score (nSPS) is 46.8. The molecule has 1 atom stereocenters. The fraction of sp³-hybridized carbons (Fsp3) is 0.944. The van der Waals surface area contributed by atoms with Crippen molar-refractivity contribution >= 4 is 0 Å². The molecule has 0 aromatic carbocycles. The van der Waals surface area contributed by atoms with Crippen LogP contribution in [-0.4, -0.2) is 24.5 Å². The van der Waals surface area contributed by atoms with Crippen molar-refractivity contribution in [1.82, 2.24) is 4.90 Å². The molecule has 0 spiro atoms. The molecule has 0 aromatic heterocycles. The summed E-state index contributed by atoms with van der Waals surface area (Å²) >= 11 is 0. The Bertz CT molecular complexity index is 369. The maximum absolute atomic E-state index is 8.82. The molecule has 1 aliphatic heterocycles. The van der Waals surface area contributed by atoms with Crippen molar-refractivity contribution in [2.75, 3.05) is 19.6 Å². The van der Waals surface area contributed by atoms with E-state index < -0.39 is 0 Å². The Labute approximate surface area is 123 Å². The van der Waals surface area contributed by atoms with Gasteiger partial charge in [-0.1, -0.05) is 0 Å². The molecule has 0 radical (unpaired) electrons. The Kier molecular flexibility index (Phi) is 3.50. The van der Waals surface area contributed by atoms with Crippen molar-refractivity contribution in [2.24, 2.45) is 35.5 Å². The van der Waals surface area contributed by atoms with Gasteiger partial charge in [0.05, 0.1) is 6.07 Å². The lowest BCUT2D eigenvalue weighted by atomic mass is 9.51. The van der Waals surface area contributed by atoms with Gasteiger partial charge in [-0.25, -0.2) is 0 Å². The molecule has 0 amide bonds. The van der Waals surface area contributed by atoms with Crippen LogP contribution in [0.4, 0.5) is 0 Å². The Morgan fingerprint density at radius 3 is 2.35 bits per heavy atom. The summed E-state index contributed by atoms with van der Waals surface area (Å²) in [6, 6.07) is 2.35. The van der Waals surface area contributed by atoms with Crippen molar-refractivity contribution in [3.8, 4) is 6.07 Å². The highest BCUT2D eigenvalue weighted by Gasteiger charge is 2.47. The van der Waals surface area contributed by atoms with Crippen LogP contribution in [0.2, 0.25) is 0 Å². The maximum atomic E-state index is 8.82. The van der Waals surface area contributed by atoms with Crippen LogP contribution in [0.5, 0.6) is 0 Å². The molecule has 0 N–H and O–H groups in total. The minimum atomic E-state index is 0.665. The number of rotatable bonds is 4. The second-order valence-corrected chi connectivity index (χ2v) is 8.20. The summed E-state index contributed by atoms with van der Waals surface area (Å²) in [7, 11) is 0. The van der Waals surface area contributed by atoms with E-state index in [2.05, 4.69) is 11.0 Å².